The van der Waals surface area contributed by atoms with E-state index < -0.39 is 41.5 Å². The van der Waals surface area contributed by atoms with Gasteiger partial charge in [0.25, 0.3) is 0 Å². The van der Waals surface area contributed by atoms with E-state index in [0.29, 0.717) is 34.1 Å². The Morgan fingerprint density at radius 2 is 0.746 bits per heavy atom. The van der Waals surface area contributed by atoms with E-state index in [0.717, 1.165) is 33.4 Å². The highest BCUT2D eigenvalue weighted by atomic mass is 16.5. The van der Waals surface area contributed by atoms with Gasteiger partial charge in [0.2, 0.25) is 11.8 Å². The lowest BCUT2D eigenvalue weighted by Crippen LogP contribution is -2.52. The maximum absolute atomic E-state index is 14.4. The van der Waals surface area contributed by atoms with Gasteiger partial charge in [-0.05, 0) is 107 Å². The van der Waals surface area contributed by atoms with Gasteiger partial charge < -0.3 is 39.8 Å². The van der Waals surface area contributed by atoms with Crippen LogP contribution >= 0.6 is 0 Å². The van der Waals surface area contributed by atoms with Crippen molar-refractivity contribution in [2.45, 2.75) is 69.2 Å². The van der Waals surface area contributed by atoms with Gasteiger partial charge >= 0.3 is 0 Å². The van der Waals surface area contributed by atoms with Gasteiger partial charge in [-0.1, -0.05) is 97.1 Å². The number of nitrogens with one attached hydrogen (secondary N) is 2. The number of benzene rings is 6. The second-order valence-electron chi connectivity index (χ2n) is 16.2. The summed E-state index contributed by atoms with van der Waals surface area (Å²) in [6.07, 6.45) is -0.0746. The molecule has 0 saturated heterocycles. The van der Waals surface area contributed by atoms with E-state index in [1.54, 1.807) is 28.4 Å². The first-order valence-corrected chi connectivity index (χ1v) is 21.0. The van der Waals surface area contributed by atoms with Crippen molar-refractivity contribution in [3.8, 4) is 23.0 Å². The first kappa shape index (κ1) is 45.9. The SMILES string of the molecule is COc1cccc(CC(O)(Cc2cccc(OC)c2)[C@H](NC(=O)CC(=O)N[C@H](c2ccccc2C)C(O)(Cc2cccc(OC)c2)Cc2cccc(OC)c2)c2ccccc2C)c1. The Hall–Kier alpha value is -6.62. The monoisotopic (exact) mass is 850 g/mol. The average molecular weight is 851 g/mol. The number of amides is 2. The second kappa shape index (κ2) is 21.0. The molecule has 0 aliphatic heterocycles. The molecule has 0 aromatic heterocycles. The van der Waals surface area contributed by atoms with Crippen LogP contribution in [0.2, 0.25) is 0 Å². The Morgan fingerprint density at radius 1 is 0.460 bits per heavy atom. The molecular formula is C53H58N2O8. The lowest BCUT2D eigenvalue weighted by atomic mass is 9.77. The fourth-order valence-electron chi connectivity index (χ4n) is 8.47. The number of methoxy groups -OCH3 is 4. The summed E-state index contributed by atoms with van der Waals surface area (Å²) in [5, 5.41) is 32.4. The molecule has 0 unspecified atom stereocenters. The summed E-state index contributed by atoms with van der Waals surface area (Å²) in [7, 11) is 6.35. The summed E-state index contributed by atoms with van der Waals surface area (Å²) in [5.41, 5.74) is 3.02. The van der Waals surface area contributed by atoms with Crippen LogP contribution in [0.25, 0.3) is 0 Å². The molecule has 10 nitrogen and oxygen atoms in total. The van der Waals surface area contributed by atoms with E-state index >= 15 is 0 Å². The number of hydrogen-bond donors (Lipinski definition) is 4. The second-order valence-corrected chi connectivity index (χ2v) is 16.2. The highest BCUT2D eigenvalue weighted by Gasteiger charge is 2.42. The van der Waals surface area contributed by atoms with E-state index in [-0.39, 0.29) is 25.7 Å². The molecular weight excluding hydrogens is 793 g/mol. The predicted octanol–water partition coefficient (Wildman–Crippen LogP) is 8.18. The first-order valence-electron chi connectivity index (χ1n) is 21.0. The molecule has 63 heavy (non-hydrogen) atoms. The van der Waals surface area contributed by atoms with Crippen LogP contribution in [0.1, 0.15) is 63.0 Å². The van der Waals surface area contributed by atoms with E-state index in [9.17, 15) is 19.8 Å². The van der Waals surface area contributed by atoms with Crippen molar-refractivity contribution in [2.24, 2.45) is 0 Å². The van der Waals surface area contributed by atoms with Gasteiger partial charge in [-0.2, -0.15) is 0 Å². The summed E-state index contributed by atoms with van der Waals surface area (Å²) < 4.78 is 22.1. The largest absolute Gasteiger partial charge is 0.497 e. The molecule has 0 aliphatic carbocycles. The molecule has 6 aromatic carbocycles. The Kier molecular flexibility index (Phi) is 15.3. The van der Waals surface area contributed by atoms with Gasteiger partial charge in [0.15, 0.2) is 0 Å². The van der Waals surface area contributed by atoms with Crippen LogP contribution in [0.5, 0.6) is 23.0 Å². The fourth-order valence-corrected chi connectivity index (χ4v) is 8.47. The van der Waals surface area contributed by atoms with E-state index in [4.69, 9.17) is 18.9 Å². The van der Waals surface area contributed by atoms with Crippen molar-refractivity contribution >= 4 is 11.8 Å². The van der Waals surface area contributed by atoms with Gasteiger partial charge in [0.05, 0.1) is 51.7 Å². The maximum atomic E-state index is 14.4. The maximum Gasteiger partial charge on any atom is 0.230 e. The summed E-state index contributed by atoms with van der Waals surface area (Å²) in [5.74, 6) is 1.30. The zero-order chi connectivity index (χ0) is 45.0. The lowest BCUT2D eigenvalue weighted by molar-refractivity contribution is -0.133. The van der Waals surface area contributed by atoms with E-state index in [2.05, 4.69) is 10.6 Å². The lowest BCUT2D eigenvalue weighted by Gasteiger charge is -2.39. The standard InChI is InChI=1S/C53H58N2O8/c1-36-15-7-9-25-46(36)50(52(58,32-38-17-11-21-42(27-38)60-3)33-39-18-12-22-43(28-39)61-4)54-48(56)31-49(57)55-51(47-26-10-8-16-37(47)2)53(59,34-40-19-13-23-44(29-40)62-5)35-41-20-14-24-45(30-41)63-6/h7-30,50-51,58-59H,31-35H2,1-6H3,(H,54,56)(H,55,57)/t50-,51-/m1/s1. The van der Waals surface area contributed by atoms with Crippen molar-refractivity contribution in [1.29, 1.82) is 0 Å². The number of aliphatic hydroxyl groups is 2. The molecule has 2 atom stereocenters. The molecule has 6 aromatic rings. The van der Waals surface area contributed by atoms with Crippen molar-refractivity contribution in [1.82, 2.24) is 10.6 Å². The third-order valence-electron chi connectivity index (χ3n) is 11.6. The van der Waals surface area contributed by atoms with Gasteiger partial charge in [-0.25, -0.2) is 0 Å². The summed E-state index contributed by atoms with van der Waals surface area (Å²) in [6.45, 7) is 3.86. The Labute approximate surface area is 370 Å². The zero-order valence-corrected chi connectivity index (χ0v) is 36.9. The van der Waals surface area contributed by atoms with Gasteiger partial charge in [0, 0.05) is 25.7 Å². The van der Waals surface area contributed by atoms with Crippen LogP contribution < -0.4 is 29.6 Å². The summed E-state index contributed by atoms with van der Waals surface area (Å²) >= 11 is 0. The molecule has 0 spiro atoms. The van der Waals surface area contributed by atoms with Crippen LogP contribution in [0.15, 0.2) is 146 Å². The summed E-state index contributed by atoms with van der Waals surface area (Å²) in [6, 6.07) is 43.1. The molecule has 328 valence electrons. The third-order valence-corrected chi connectivity index (χ3v) is 11.6. The molecule has 4 N–H and O–H groups in total. The Bertz CT molecular complexity index is 2210. The minimum Gasteiger partial charge on any atom is -0.497 e. The zero-order valence-electron chi connectivity index (χ0n) is 36.9. The molecule has 0 radical (unpaired) electrons. The quantitative estimate of drug-likeness (QED) is 0.0566. The Balaban J connectivity index is 1.37. The van der Waals surface area contributed by atoms with Crippen LogP contribution in [-0.2, 0) is 35.3 Å². The van der Waals surface area contributed by atoms with Gasteiger partial charge in [-0.15, -0.1) is 0 Å². The molecule has 10 heteroatoms. The topological polar surface area (TPSA) is 136 Å². The molecule has 0 aliphatic rings. The van der Waals surface area contributed by atoms with Crippen molar-refractivity contribution in [2.75, 3.05) is 28.4 Å². The van der Waals surface area contributed by atoms with Gasteiger partial charge in [0.1, 0.15) is 29.4 Å². The molecule has 2 amide bonds. The van der Waals surface area contributed by atoms with Crippen LogP contribution in [0.4, 0.5) is 0 Å². The first-order chi connectivity index (χ1) is 30.3. The van der Waals surface area contributed by atoms with Gasteiger partial charge in [-0.3, -0.25) is 9.59 Å². The molecule has 0 heterocycles. The number of carbonyl (C=O) groups excluding carboxylic acids is 2. The summed E-state index contributed by atoms with van der Waals surface area (Å²) in [4.78, 5) is 28.9. The van der Waals surface area contributed by atoms with Crippen molar-refractivity contribution < 1.29 is 38.7 Å². The predicted molar refractivity (Wildman–Crippen MR) is 245 cm³/mol. The minimum absolute atomic E-state index is 0.129. The van der Waals surface area contributed by atoms with Crippen LogP contribution in [0, 0.1) is 13.8 Å². The number of rotatable bonds is 20. The van der Waals surface area contributed by atoms with E-state index in [1.165, 1.54) is 0 Å². The van der Waals surface area contributed by atoms with Crippen molar-refractivity contribution in [3.05, 3.63) is 190 Å². The smallest absolute Gasteiger partial charge is 0.230 e. The fraction of sp³-hybridized carbons (Fsp3) is 0.283. The highest BCUT2D eigenvalue weighted by Crippen LogP contribution is 2.38. The normalized spacial score (nSPS) is 12.4. The van der Waals surface area contributed by atoms with Crippen molar-refractivity contribution in [3.63, 3.8) is 0 Å². The molecule has 0 fully saturated rings. The van der Waals surface area contributed by atoms with E-state index in [1.807, 2.05) is 159 Å². The molecule has 0 bridgehead atoms. The minimum atomic E-state index is -1.62. The average Bonchev–Trinajstić information content (AvgIpc) is 3.28. The van der Waals surface area contributed by atoms with Crippen LogP contribution in [0.3, 0.4) is 0 Å². The highest BCUT2D eigenvalue weighted by molar-refractivity contribution is 5.97. The number of aryl methyl sites for hydroxylation is 2. The number of ether oxygens (including phenoxy) is 4. The number of hydrogen-bond acceptors (Lipinski definition) is 8. The third kappa shape index (κ3) is 11.9. The Morgan fingerprint density at radius 3 is 1.02 bits per heavy atom. The molecule has 0 saturated carbocycles. The molecule has 6 rings (SSSR count). The van der Waals surface area contributed by atoms with Crippen LogP contribution in [-0.4, -0.2) is 61.7 Å². The number of carbonyl (C=O) groups is 2.